The first-order valence-corrected chi connectivity index (χ1v) is 8.80. The largest absolute Gasteiger partial charge is 0.326 e. The Balaban J connectivity index is 2.04. The Morgan fingerprint density at radius 2 is 2.00 bits per heavy atom. The lowest BCUT2D eigenvalue weighted by molar-refractivity contribution is 0.143. The van der Waals surface area contributed by atoms with Gasteiger partial charge in [0.15, 0.2) is 0 Å². The van der Waals surface area contributed by atoms with E-state index in [2.05, 4.69) is 23.6 Å². The van der Waals surface area contributed by atoms with Crippen molar-refractivity contribution in [3.05, 3.63) is 29.8 Å². The minimum atomic E-state index is -3.46. The number of rotatable bonds is 5. The predicted octanol–water partition coefficient (Wildman–Crippen LogP) is 1.16. The van der Waals surface area contributed by atoms with Crippen LogP contribution >= 0.6 is 0 Å². The average molecular weight is 311 g/mol. The van der Waals surface area contributed by atoms with E-state index in [4.69, 9.17) is 5.73 Å². The van der Waals surface area contributed by atoms with Crippen LogP contribution in [0.25, 0.3) is 0 Å². The van der Waals surface area contributed by atoms with Gasteiger partial charge >= 0.3 is 0 Å². The molecule has 1 aromatic rings. The number of benzene rings is 1. The van der Waals surface area contributed by atoms with Crippen molar-refractivity contribution in [2.24, 2.45) is 11.1 Å². The third-order valence-corrected chi connectivity index (χ3v) is 5.73. The van der Waals surface area contributed by atoms with E-state index in [0.717, 1.165) is 31.5 Å². The van der Waals surface area contributed by atoms with Crippen molar-refractivity contribution in [3.63, 3.8) is 0 Å². The van der Waals surface area contributed by atoms with E-state index < -0.39 is 10.0 Å². The van der Waals surface area contributed by atoms with Gasteiger partial charge in [0.25, 0.3) is 0 Å². The third kappa shape index (κ3) is 4.26. The number of sulfonamides is 1. The van der Waals surface area contributed by atoms with E-state index in [1.165, 1.54) is 0 Å². The molecule has 0 amide bonds. The van der Waals surface area contributed by atoms with Gasteiger partial charge in [-0.2, -0.15) is 0 Å². The molecule has 0 atom stereocenters. The normalized spacial score (nSPS) is 19.6. The first kappa shape index (κ1) is 16.4. The second kappa shape index (κ2) is 6.44. The molecule has 0 aliphatic carbocycles. The van der Waals surface area contributed by atoms with Gasteiger partial charge < -0.3 is 10.6 Å². The smallest absolute Gasteiger partial charge is 0.240 e. The average Bonchev–Trinajstić information content (AvgIpc) is 2.49. The maximum atomic E-state index is 12.4. The van der Waals surface area contributed by atoms with Gasteiger partial charge in [-0.25, -0.2) is 13.1 Å². The minimum Gasteiger partial charge on any atom is -0.326 e. The van der Waals surface area contributed by atoms with E-state index in [1.807, 2.05) is 6.07 Å². The summed E-state index contributed by atoms with van der Waals surface area (Å²) in [4.78, 5) is 2.57. The molecule has 118 valence electrons. The standard InChI is InChI=1S/C15H25N3O2S/c1-15(6-8-18(2)9-7-15)12-17-21(19,20)14-5-3-4-13(10-14)11-16/h3-5,10,17H,6-9,11-12,16H2,1-2H3. The first-order chi connectivity index (χ1) is 9.85. The molecule has 0 radical (unpaired) electrons. The summed E-state index contributed by atoms with van der Waals surface area (Å²) >= 11 is 0. The summed E-state index contributed by atoms with van der Waals surface area (Å²) in [5.41, 5.74) is 6.42. The van der Waals surface area contributed by atoms with Crippen LogP contribution in [-0.4, -0.2) is 40.0 Å². The lowest BCUT2D eigenvalue weighted by Gasteiger charge is -2.37. The van der Waals surface area contributed by atoms with E-state index in [1.54, 1.807) is 18.2 Å². The lowest BCUT2D eigenvalue weighted by atomic mass is 9.81. The predicted molar refractivity (Wildman–Crippen MR) is 84.4 cm³/mol. The molecule has 0 unspecified atom stereocenters. The Hall–Kier alpha value is -0.950. The number of likely N-dealkylation sites (tertiary alicyclic amines) is 1. The molecule has 0 spiro atoms. The molecule has 21 heavy (non-hydrogen) atoms. The molecule has 1 aliphatic heterocycles. The first-order valence-electron chi connectivity index (χ1n) is 7.32. The van der Waals surface area contributed by atoms with Crippen LogP contribution in [0.5, 0.6) is 0 Å². The molecule has 0 bridgehead atoms. The molecule has 0 aromatic heterocycles. The zero-order valence-corrected chi connectivity index (χ0v) is 13.6. The van der Waals surface area contributed by atoms with Gasteiger partial charge in [0.05, 0.1) is 4.90 Å². The Morgan fingerprint density at radius 1 is 1.33 bits per heavy atom. The van der Waals surface area contributed by atoms with Gasteiger partial charge in [-0.05, 0) is 56.1 Å². The van der Waals surface area contributed by atoms with E-state index in [-0.39, 0.29) is 5.41 Å². The second-order valence-electron chi connectivity index (χ2n) is 6.29. The fraction of sp³-hybridized carbons (Fsp3) is 0.600. The van der Waals surface area contributed by atoms with Crippen molar-refractivity contribution >= 4 is 10.0 Å². The fourth-order valence-corrected chi connectivity index (χ4v) is 3.80. The van der Waals surface area contributed by atoms with Crippen LogP contribution in [0.2, 0.25) is 0 Å². The number of hydrogen-bond donors (Lipinski definition) is 2. The second-order valence-corrected chi connectivity index (χ2v) is 8.06. The highest BCUT2D eigenvalue weighted by atomic mass is 32.2. The van der Waals surface area contributed by atoms with Crippen LogP contribution in [-0.2, 0) is 16.6 Å². The van der Waals surface area contributed by atoms with E-state index >= 15 is 0 Å². The molecule has 1 saturated heterocycles. The van der Waals surface area contributed by atoms with Crippen molar-refractivity contribution in [2.45, 2.75) is 31.2 Å². The van der Waals surface area contributed by atoms with Gasteiger partial charge in [0, 0.05) is 13.1 Å². The molecule has 1 aliphatic rings. The van der Waals surface area contributed by atoms with Crippen molar-refractivity contribution in [3.8, 4) is 0 Å². The Bertz CT molecular complexity index is 578. The van der Waals surface area contributed by atoms with E-state index in [9.17, 15) is 8.42 Å². The number of nitrogens with one attached hydrogen (secondary N) is 1. The lowest BCUT2D eigenvalue weighted by Crippen LogP contribution is -2.43. The maximum Gasteiger partial charge on any atom is 0.240 e. The number of nitrogens with two attached hydrogens (primary N) is 1. The molecular formula is C15H25N3O2S. The van der Waals surface area contributed by atoms with Crippen molar-refractivity contribution in [1.29, 1.82) is 0 Å². The number of piperidine rings is 1. The quantitative estimate of drug-likeness (QED) is 0.855. The zero-order chi connectivity index (χ0) is 15.5. The maximum absolute atomic E-state index is 12.4. The van der Waals surface area contributed by atoms with Crippen LogP contribution in [0.1, 0.15) is 25.3 Å². The third-order valence-electron chi connectivity index (χ3n) is 4.33. The van der Waals surface area contributed by atoms with Crippen LogP contribution in [0.4, 0.5) is 0 Å². The highest BCUT2D eigenvalue weighted by Gasteiger charge is 2.30. The highest BCUT2D eigenvalue weighted by Crippen LogP contribution is 2.29. The topological polar surface area (TPSA) is 75.4 Å². The summed E-state index contributed by atoms with van der Waals surface area (Å²) in [7, 11) is -1.36. The van der Waals surface area contributed by atoms with Crippen LogP contribution in [0.3, 0.4) is 0 Å². The van der Waals surface area contributed by atoms with Crippen molar-refractivity contribution < 1.29 is 8.42 Å². The Kier molecular flexibility index (Phi) is 5.03. The minimum absolute atomic E-state index is 0.0328. The van der Waals surface area contributed by atoms with Crippen LogP contribution in [0.15, 0.2) is 29.2 Å². The zero-order valence-electron chi connectivity index (χ0n) is 12.8. The molecule has 1 aromatic carbocycles. The molecule has 1 heterocycles. The highest BCUT2D eigenvalue weighted by molar-refractivity contribution is 7.89. The monoisotopic (exact) mass is 311 g/mol. The summed E-state index contributed by atoms with van der Waals surface area (Å²) in [5.74, 6) is 0. The molecule has 2 rings (SSSR count). The summed E-state index contributed by atoms with van der Waals surface area (Å²) in [6, 6.07) is 6.81. The Labute approximate surface area is 127 Å². The molecular weight excluding hydrogens is 286 g/mol. The number of nitrogens with zero attached hydrogens (tertiary/aromatic N) is 1. The van der Waals surface area contributed by atoms with Gasteiger partial charge in [0.1, 0.15) is 0 Å². The summed E-state index contributed by atoms with van der Waals surface area (Å²) in [6.45, 7) is 5.00. The molecule has 5 nitrogen and oxygen atoms in total. The fourth-order valence-electron chi connectivity index (χ4n) is 2.53. The number of hydrogen-bond acceptors (Lipinski definition) is 4. The van der Waals surface area contributed by atoms with Gasteiger partial charge in [-0.1, -0.05) is 19.1 Å². The van der Waals surface area contributed by atoms with E-state index in [0.29, 0.717) is 18.0 Å². The van der Waals surface area contributed by atoms with Gasteiger partial charge in [-0.15, -0.1) is 0 Å². The summed E-state index contributed by atoms with van der Waals surface area (Å²) in [6.07, 6.45) is 2.02. The SMILES string of the molecule is CN1CCC(C)(CNS(=O)(=O)c2cccc(CN)c2)CC1. The van der Waals surface area contributed by atoms with Crippen LogP contribution < -0.4 is 10.5 Å². The van der Waals surface area contributed by atoms with Crippen molar-refractivity contribution in [2.75, 3.05) is 26.7 Å². The van der Waals surface area contributed by atoms with Crippen LogP contribution in [0, 0.1) is 5.41 Å². The molecule has 1 fully saturated rings. The summed E-state index contributed by atoms with van der Waals surface area (Å²) < 4.78 is 27.5. The molecule has 3 N–H and O–H groups in total. The molecule has 6 heteroatoms. The summed E-state index contributed by atoms with van der Waals surface area (Å²) in [5, 5.41) is 0. The van der Waals surface area contributed by atoms with Crippen molar-refractivity contribution in [1.82, 2.24) is 9.62 Å². The Morgan fingerprint density at radius 3 is 2.62 bits per heavy atom. The van der Waals surface area contributed by atoms with Gasteiger partial charge in [-0.3, -0.25) is 0 Å². The van der Waals surface area contributed by atoms with Gasteiger partial charge in [0.2, 0.25) is 10.0 Å². The molecule has 0 saturated carbocycles.